The third kappa shape index (κ3) is 2.44. The molecule has 1 aromatic carbocycles. The third-order valence-corrected chi connectivity index (χ3v) is 3.07. The standard InChI is InChI=1S/C12H14BrN3/c1-8-3-4-10(13)5-11(8)14-6-12-9(2)15-7-16-12/h3-5,7,14H,6H2,1-2H3,(H,15,16). The molecule has 16 heavy (non-hydrogen) atoms. The van der Waals surface area contributed by atoms with E-state index in [-0.39, 0.29) is 0 Å². The number of halogens is 1. The van der Waals surface area contributed by atoms with Crippen LogP contribution in [0.1, 0.15) is 17.0 Å². The molecule has 1 aromatic heterocycles. The van der Waals surface area contributed by atoms with Crippen LogP contribution in [0, 0.1) is 13.8 Å². The van der Waals surface area contributed by atoms with Gasteiger partial charge in [-0.1, -0.05) is 22.0 Å². The number of imidazole rings is 1. The second-order valence-electron chi connectivity index (χ2n) is 3.79. The molecular formula is C12H14BrN3. The summed E-state index contributed by atoms with van der Waals surface area (Å²) in [6, 6.07) is 6.21. The van der Waals surface area contributed by atoms with Crippen LogP contribution in [0.25, 0.3) is 0 Å². The Morgan fingerprint density at radius 1 is 1.38 bits per heavy atom. The lowest BCUT2D eigenvalue weighted by Gasteiger charge is -2.09. The van der Waals surface area contributed by atoms with Crippen LogP contribution in [0.5, 0.6) is 0 Å². The van der Waals surface area contributed by atoms with Crippen LogP contribution in [-0.2, 0) is 6.54 Å². The summed E-state index contributed by atoms with van der Waals surface area (Å²) in [6.07, 6.45) is 1.72. The Morgan fingerprint density at radius 2 is 2.19 bits per heavy atom. The van der Waals surface area contributed by atoms with Gasteiger partial charge in [0.2, 0.25) is 0 Å². The van der Waals surface area contributed by atoms with Crippen LogP contribution < -0.4 is 5.32 Å². The highest BCUT2D eigenvalue weighted by atomic mass is 79.9. The lowest BCUT2D eigenvalue weighted by atomic mass is 10.2. The van der Waals surface area contributed by atoms with Crippen molar-refractivity contribution in [2.75, 3.05) is 5.32 Å². The van der Waals surface area contributed by atoms with Gasteiger partial charge < -0.3 is 10.3 Å². The molecule has 0 atom stereocenters. The average molecular weight is 280 g/mol. The van der Waals surface area contributed by atoms with Crippen molar-refractivity contribution >= 4 is 21.6 Å². The van der Waals surface area contributed by atoms with Crippen LogP contribution in [0.4, 0.5) is 5.69 Å². The molecule has 0 unspecified atom stereocenters. The molecule has 0 radical (unpaired) electrons. The first-order chi connectivity index (χ1) is 7.66. The Kier molecular flexibility index (Phi) is 3.29. The Balaban J connectivity index is 2.10. The van der Waals surface area contributed by atoms with Crippen molar-refractivity contribution in [3.63, 3.8) is 0 Å². The van der Waals surface area contributed by atoms with E-state index in [9.17, 15) is 0 Å². The summed E-state index contributed by atoms with van der Waals surface area (Å²) in [6.45, 7) is 4.86. The number of H-pyrrole nitrogens is 1. The maximum absolute atomic E-state index is 4.25. The van der Waals surface area contributed by atoms with Gasteiger partial charge in [0, 0.05) is 15.9 Å². The molecular weight excluding hydrogens is 266 g/mol. The van der Waals surface area contributed by atoms with Gasteiger partial charge >= 0.3 is 0 Å². The highest BCUT2D eigenvalue weighted by Crippen LogP contribution is 2.21. The van der Waals surface area contributed by atoms with Crippen LogP contribution in [-0.4, -0.2) is 9.97 Å². The van der Waals surface area contributed by atoms with E-state index in [0.717, 1.165) is 28.1 Å². The summed E-state index contributed by atoms with van der Waals surface area (Å²) < 4.78 is 1.08. The van der Waals surface area contributed by atoms with Crippen molar-refractivity contribution in [1.82, 2.24) is 9.97 Å². The molecule has 4 heteroatoms. The number of hydrogen-bond donors (Lipinski definition) is 2. The van der Waals surface area contributed by atoms with Gasteiger partial charge in [0.15, 0.2) is 0 Å². The first-order valence-corrected chi connectivity index (χ1v) is 5.95. The van der Waals surface area contributed by atoms with Crippen molar-refractivity contribution in [3.8, 4) is 0 Å². The Hall–Kier alpha value is -1.29. The van der Waals surface area contributed by atoms with Gasteiger partial charge in [-0.2, -0.15) is 0 Å². The minimum atomic E-state index is 0.743. The molecule has 84 valence electrons. The lowest BCUT2D eigenvalue weighted by Crippen LogP contribution is -2.02. The van der Waals surface area contributed by atoms with Crippen LogP contribution in [0.3, 0.4) is 0 Å². The fourth-order valence-corrected chi connectivity index (χ4v) is 1.89. The second kappa shape index (κ2) is 4.70. The molecule has 2 N–H and O–H groups in total. The summed E-state index contributed by atoms with van der Waals surface area (Å²) in [4.78, 5) is 7.32. The van der Waals surface area contributed by atoms with Gasteiger partial charge in [0.05, 0.1) is 18.6 Å². The minimum absolute atomic E-state index is 0.743. The normalized spacial score (nSPS) is 10.4. The van der Waals surface area contributed by atoms with E-state index in [0.29, 0.717) is 0 Å². The predicted octanol–water partition coefficient (Wildman–Crippen LogP) is 3.40. The van der Waals surface area contributed by atoms with Crippen LogP contribution >= 0.6 is 15.9 Å². The number of aryl methyl sites for hydroxylation is 2. The summed E-state index contributed by atoms with van der Waals surface area (Å²) >= 11 is 3.47. The smallest absolute Gasteiger partial charge is 0.0925 e. The summed E-state index contributed by atoms with van der Waals surface area (Å²) in [5, 5.41) is 3.38. The Labute approximate surface area is 103 Å². The molecule has 0 saturated carbocycles. The summed E-state index contributed by atoms with van der Waals surface area (Å²) in [5.74, 6) is 0. The fourth-order valence-electron chi connectivity index (χ4n) is 1.53. The van der Waals surface area contributed by atoms with E-state index in [1.54, 1.807) is 6.33 Å². The predicted molar refractivity (Wildman–Crippen MR) is 69.5 cm³/mol. The van der Waals surface area contributed by atoms with Crippen LogP contribution in [0.2, 0.25) is 0 Å². The van der Waals surface area contributed by atoms with Crippen molar-refractivity contribution in [3.05, 3.63) is 46.0 Å². The van der Waals surface area contributed by atoms with Gasteiger partial charge in [0.25, 0.3) is 0 Å². The quantitative estimate of drug-likeness (QED) is 0.904. The molecule has 1 heterocycles. The number of nitrogens with zero attached hydrogens (tertiary/aromatic N) is 1. The fraction of sp³-hybridized carbons (Fsp3) is 0.250. The van der Waals surface area contributed by atoms with Gasteiger partial charge in [-0.25, -0.2) is 4.98 Å². The van der Waals surface area contributed by atoms with E-state index in [1.165, 1.54) is 5.56 Å². The molecule has 3 nitrogen and oxygen atoms in total. The molecule has 2 rings (SSSR count). The first-order valence-electron chi connectivity index (χ1n) is 5.15. The van der Waals surface area contributed by atoms with E-state index in [2.05, 4.69) is 50.3 Å². The zero-order valence-corrected chi connectivity index (χ0v) is 10.9. The van der Waals surface area contributed by atoms with Gasteiger partial charge in [-0.05, 0) is 31.5 Å². The van der Waals surface area contributed by atoms with Crippen molar-refractivity contribution in [1.29, 1.82) is 0 Å². The lowest BCUT2D eigenvalue weighted by molar-refractivity contribution is 1.05. The molecule has 0 aliphatic heterocycles. The summed E-state index contributed by atoms with van der Waals surface area (Å²) in [5.41, 5.74) is 4.53. The molecule has 0 saturated heterocycles. The average Bonchev–Trinajstić information content (AvgIpc) is 2.66. The topological polar surface area (TPSA) is 40.7 Å². The number of anilines is 1. The summed E-state index contributed by atoms with van der Waals surface area (Å²) in [7, 11) is 0. The minimum Gasteiger partial charge on any atom is -0.379 e. The highest BCUT2D eigenvalue weighted by molar-refractivity contribution is 9.10. The second-order valence-corrected chi connectivity index (χ2v) is 4.70. The van der Waals surface area contributed by atoms with E-state index >= 15 is 0 Å². The molecule has 0 amide bonds. The maximum Gasteiger partial charge on any atom is 0.0925 e. The largest absolute Gasteiger partial charge is 0.379 e. The van der Waals surface area contributed by atoms with Gasteiger partial charge in [-0.3, -0.25) is 0 Å². The molecule has 0 aliphatic rings. The van der Waals surface area contributed by atoms with E-state index < -0.39 is 0 Å². The van der Waals surface area contributed by atoms with Crippen molar-refractivity contribution in [2.45, 2.75) is 20.4 Å². The van der Waals surface area contributed by atoms with E-state index in [1.807, 2.05) is 13.0 Å². The number of nitrogens with one attached hydrogen (secondary N) is 2. The van der Waals surface area contributed by atoms with Gasteiger partial charge in [-0.15, -0.1) is 0 Å². The van der Waals surface area contributed by atoms with Gasteiger partial charge in [0.1, 0.15) is 0 Å². The van der Waals surface area contributed by atoms with Crippen LogP contribution in [0.15, 0.2) is 29.0 Å². The first kappa shape index (κ1) is 11.2. The number of aromatic nitrogens is 2. The molecule has 0 spiro atoms. The molecule has 2 aromatic rings. The SMILES string of the molecule is Cc1ccc(Br)cc1NCc1nc[nH]c1C. The number of benzene rings is 1. The maximum atomic E-state index is 4.25. The van der Waals surface area contributed by atoms with E-state index in [4.69, 9.17) is 0 Å². The monoisotopic (exact) mass is 279 g/mol. The Morgan fingerprint density at radius 3 is 2.88 bits per heavy atom. The third-order valence-electron chi connectivity index (χ3n) is 2.58. The number of aromatic amines is 1. The molecule has 0 fully saturated rings. The molecule has 0 aliphatic carbocycles. The zero-order chi connectivity index (χ0) is 11.5. The Bertz CT molecular complexity index is 491. The highest BCUT2D eigenvalue weighted by Gasteiger charge is 2.02. The number of rotatable bonds is 3. The van der Waals surface area contributed by atoms with Crippen molar-refractivity contribution in [2.24, 2.45) is 0 Å². The van der Waals surface area contributed by atoms with Crippen molar-refractivity contribution < 1.29 is 0 Å². The zero-order valence-electron chi connectivity index (χ0n) is 9.34. The molecule has 0 bridgehead atoms. The number of hydrogen-bond acceptors (Lipinski definition) is 2.